The van der Waals surface area contributed by atoms with Gasteiger partial charge in [0.25, 0.3) is 0 Å². The van der Waals surface area contributed by atoms with E-state index in [0.29, 0.717) is 13.0 Å². The standard InChI is InChI=1S/C15H30O3S/c1-3-5-6-7-8-10-13-19(17)14-11-9-12-15(16)18-4-2/h3-14H2,1-2H3/t19-/m0/s1. The molecule has 0 saturated heterocycles. The van der Waals surface area contributed by atoms with E-state index in [2.05, 4.69) is 6.92 Å². The van der Waals surface area contributed by atoms with E-state index >= 15 is 0 Å². The van der Waals surface area contributed by atoms with E-state index in [9.17, 15) is 9.00 Å². The van der Waals surface area contributed by atoms with E-state index in [1.807, 2.05) is 6.92 Å². The van der Waals surface area contributed by atoms with Crippen LogP contribution in [0.4, 0.5) is 0 Å². The Kier molecular flexibility index (Phi) is 13.8. The maximum absolute atomic E-state index is 11.7. The molecule has 0 spiro atoms. The van der Waals surface area contributed by atoms with Crippen LogP contribution in [0, 0.1) is 0 Å². The molecule has 0 amide bonds. The van der Waals surface area contributed by atoms with Gasteiger partial charge in [0.05, 0.1) is 6.61 Å². The molecule has 0 radical (unpaired) electrons. The monoisotopic (exact) mass is 290 g/mol. The van der Waals surface area contributed by atoms with Gasteiger partial charge in [-0.05, 0) is 26.2 Å². The second kappa shape index (κ2) is 14.0. The van der Waals surface area contributed by atoms with Gasteiger partial charge >= 0.3 is 5.97 Å². The molecule has 114 valence electrons. The largest absolute Gasteiger partial charge is 0.466 e. The lowest BCUT2D eigenvalue weighted by Crippen LogP contribution is -2.06. The van der Waals surface area contributed by atoms with Crippen LogP contribution in [0.2, 0.25) is 0 Å². The first-order chi connectivity index (χ1) is 9.20. The van der Waals surface area contributed by atoms with Crippen LogP contribution in [-0.2, 0) is 20.3 Å². The molecule has 0 fully saturated rings. The Labute approximate surface area is 120 Å². The Hall–Kier alpha value is -0.380. The number of carbonyl (C=O) groups is 1. The van der Waals surface area contributed by atoms with Crippen LogP contribution < -0.4 is 0 Å². The molecule has 0 N–H and O–H groups in total. The molecule has 0 aromatic heterocycles. The summed E-state index contributed by atoms with van der Waals surface area (Å²) in [6, 6.07) is 0. The fourth-order valence-corrected chi connectivity index (χ4v) is 3.17. The first-order valence-electron chi connectivity index (χ1n) is 7.71. The molecule has 0 aromatic carbocycles. The summed E-state index contributed by atoms with van der Waals surface area (Å²) in [4.78, 5) is 11.1. The summed E-state index contributed by atoms with van der Waals surface area (Å²) >= 11 is 0. The predicted molar refractivity (Wildman–Crippen MR) is 81.7 cm³/mol. The van der Waals surface area contributed by atoms with Gasteiger partial charge in [0.15, 0.2) is 0 Å². The average molecular weight is 290 g/mol. The summed E-state index contributed by atoms with van der Waals surface area (Å²) in [5, 5.41) is 0. The van der Waals surface area contributed by atoms with Crippen LogP contribution >= 0.6 is 0 Å². The van der Waals surface area contributed by atoms with Crippen LogP contribution in [0.5, 0.6) is 0 Å². The number of carbonyl (C=O) groups excluding carboxylic acids is 1. The Balaban J connectivity index is 3.28. The van der Waals surface area contributed by atoms with Gasteiger partial charge < -0.3 is 4.74 Å². The summed E-state index contributed by atoms with van der Waals surface area (Å²) in [7, 11) is -0.698. The van der Waals surface area contributed by atoms with Gasteiger partial charge in [-0.3, -0.25) is 9.00 Å². The number of unbranched alkanes of at least 4 members (excludes halogenated alkanes) is 6. The molecule has 0 unspecified atom stereocenters. The molecule has 0 aliphatic carbocycles. The van der Waals surface area contributed by atoms with Crippen molar-refractivity contribution < 1.29 is 13.7 Å². The molecule has 0 bridgehead atoms. The van der Waals surface area contributed by atoms with Gasteiger partial charge in [0.2, 0.25) is 0 Å². The maximum Gasteiger partial charge on any atom is 0.305 e. The lowest BCUT2D eigenvalue weighted by molar-refractivity contribution is -0.143. The Morgan fingerprint density at radius 2 is 1.47 bits per heavy atom. The first kappa shape index (κ1) is 18.6. The number of hydrogen-bond donors (Lipinski definition) is 0. The topological polar surface area (TPSA) is 43.4 Å². The molecule has 3 nitrogen and oxygen atoms in total. The predicted octanol–water partition coefficient (Wildman–Crippen LogP) is 3.83. The summed E-state index contributed by atoms with van der Waals surface area (Å²) in [5.41, 5.74) is 0. The van der Waals surface area contributed by atoms with Gasteiger partial charge in [-0.25, -0.2) is 0 Å². The highest BCUT2D eigenvalue weighted by Gasteiger charge is 2.03. The number of esters is 1. The minimum absolute atomic E-state index is 0.135. The zero-order valence-corrected chi connectivity index (χ0v) is 13.4. The van der Waals surface area contributed by atoms with E-state index in [-0.39, 0.29) is 5.97 Å². The number of rotatable bonds is 13. The molecule has 4 heteroatoms. The van der Waals surface area contributed by atoms with E-state index in [1.54, 1.807) is 0 Å². The summed E-state index contributed by atoms with van der Waals surface area (Å²) in [6.07, 6.45) is 9.56. The van der Waals surface area contributed by atoms with Crippen molar-refractivity contribution in [1.82, 2.24) is 0 Å². The number of ether oxygens (including phenoxy) is 1. The van der Waals surface area contributed by atoms with Crippen molar-refractivity contribution in [1.29, 1.82) is 0 Å². The molecule has 0 aromatic rings. The van der Waals surface area contributed by atoms with Crippen LogP contribution in [0.1, 0.15) is 71.6 Å². The summed E-state index contributed by atoms with van der Waals surface area (Å²) in [5.74, 6) is 1.42. The third kappa shape index (κ3) is 13.8. The van der Waals surface area contributed by atoms with Crippen molar-refractivity contribution in [2.75, 3.05) is 18.1 Å². The minimum atomic E-state index is -0.698. The van der Waals surface area contributed by atoms with Crippen molar-refractivity contribution in [2.24, 2.45) is 0 Å². The average Bonchev–Trinajstić information content (AvgIpc) is 2.39. The minimum Gasteiger partial charge on any atom is -0.466 e. The van der Waals surface area contributed by atoms with Crippen LogP contribution in [0.3, 0.4) is 0 Å². The van der Waals surface area contributed by atoms with Gasteiger partial charge in [-0.15, -0.1) is 0 Å². The second-order valence-corrected chi connectivity index (χ2v) is 6.57. The molecule has 0 heterocycles. The Morgan fingerprint density at radius 1 is 0.895 bits per heavy atom. The van der Waals surface area contributed by atoms with Gasteiger partial charge in [-0.1, -0.05) is 39.0 Å². The highest BCUT2D eigenvalue weighted by molar-refractivity contribution is 7.84. The SMILES string of the molecule is CCCCCCCC[S@](=O)CCCCC(=O)OCC. The molecule has 0 aliphatic heterocycles. The maximum atomic E-state index is 11.7. The van der Waals surface area contributed by atoms with E-state index < -0.39 is 10.8 Å². The zero-order chi connectivity index (χ0) is 14.3. The van der Waals surface area contributed by atoms with Gasteiger partial charge in [0, 0.05) is 28.7 Å². The Morgan fingerprint density at radius 3 is 2.11 bits per heavy atom. The summed E-state index contributed by atoms with van der Waals surface area (Å²) < 4.78 is 16.5. The van der Waals surface area contributed by atoms with Crippen molar-refractivity contribution in [3.63, 3.8) is 0 Å². The fraction of sp³-hybridized carbons (Fsp3) is 0.933. The molecule has 0 saturated carbocycles. The number of hydrogen-bond acceptors (Lipinski definition) is 3. The van der Waals surface area contributed by atoms with E-state index in [0.717, 1.165) is 30.8 Å². The zero-order valence-electron chi connectivity index (χ0n) is 12.6. The second-order valence-electron chi connectivity index (χ2n) is 4.88. The molecular formula is C15H30O3S. The van der Waals surface area contributed by atoms with E-state index in [1.165, 1.54) is 32.1 Å². The van der Waals surface area contributed by atoms with Crippen molar-refractivity contribution in [2.45, 2.75) is 71.6 Å². The molecule has 0 rings (SSSR count). The molecular weight excluding hydrogens is 260 g/mol. The third-order valence-electron chi connectivity index (χ3n) is 3.03. The normalized spacial score (nSPS) is 12.3. The van der Waals surface area contributed by atoms with Gasteiger partial charge in [-0.2, -0.15) is 0 Å². The Bertz CT molecular complexity index is 242. The lowest BCUT2D eigenvalue weighted by Gasteiger charge is -2.03. The molecule has 1 atom stereocenters. The summed E-state index contributed by atoms with van der Waals surface area (Å²) in [6.45, 7) is 4.47. The van der Waals surface area contributed by atoms with Crippen molar-refractivity contribution in [3.8, 4) is 0 Å². The smallest absolute Gasteiger partial charge is 0.305 e. The highest BCUT2D eigenvalue weighted by atomic mass is 32.2. The quantitative estimate of drug-likeness (QED) is 0.382. The van der Waals surface area contributed by atoms with Crippen LogP contribution in [0.15, 0.2) is 0 Å². The fourth-order valence-electron chi connectivity index (χ4n) is 1.91. The van der Waals surface area contributed by atoms with Crippen LogP contribution in [-0.4, -0.2) is 28.3 Å². The van der Waals surface area contributed by atoms with Crippen LogP contribution in [0.25, 0.3) is 0 Å². The molecule has 0 aliphatic rings. The van der Waals surface area contributed by atoms with Crippen molar-refractivity contribution in [3.05, 3.63) is 0 Å². The third-order valence-corrected chi connectivity index (χ3v) is 4.52. The molecule has 19 heavy (non-hydrogen) atoms. The first-order valence-corrected chi connectivity index (χ1v) is 9.20. The van der Waals surface area contributed by atoms with Gasteiger partial charge in [0.1, 0.15) is 0 Å². The lowest BCUT2D eigenvalue weighted by atomic mass is 10.1. The highest BCUT2D eigenvalue weighted by Crippen LogP contribution is 2.06. The van der Waals surface area contributed by atoms with Crippen molar-refractivity contribution >= 4 is 16.8 Å². The van der Waals surface area contributed by atoms with E-state index in [4.69, 9.17) is 4.74 Å².